The van der Waals surface area contributed by atoms with Crippen molar-refractivity contribution in [2.45, 2.75) is 62.9 Å². The van der Waals surface area contributed by atoms with Crippen molar-refractivity contribution in [1.82, 2.24) is 10.6 Å². The molecular weight excluding hydrogens is 444 g/mol. The normalized spacial score (nSPS) is 25.0. The minimum Gasteiger partial charge on any atom is -0.481 e. The maximum atomic E-state index is 12.7. The van der Waals surface area contributed by atoms with Crippen LogP contribution in [0, 0.1) is 11.8 Å². The predicted octanol–water partition coefficient (Wildman–Crippen LogP) is 4.45. The second-order valence-electron chi connectivity index (χ2n) is 10.1. The van der Waals surface area contributed by atoms with Crippen LogP contribution in [0.4, 0.5) is 4.79 Å². The highest BCUT2D eigenvalue weighted by Gasteiger charge is 2.34. The van der Waals surface area contributed by atoms with Crippen LogP contribution >= 0.6 is 0 Å². The zero-order chi connectivity index (χ0) is 24.4. The Morgan fingerprint density at radius 2 is 1.57 bits per heavy atom. The van der Waals surface area contributed by atoms with Gasteiger partial charge in [-0.1, -0.05) is 55.0 Å². The molecule has 184 valence electrons. The maximum Gasteiger partial charge on any atom is 0.407 e. The summed E-state index contributed by atoms with van der Waals surface area (Å²) in [4.78, 5) is 36.4. The lowest BCUT2D eigenvalue weighted by molar-refractivity contribution is -0.141. The fraction of sp³-hybridized carbons (Fsp3) is 0.464. The summed E-state index contributed by atoms with van der Waals surface area (Å²) in [5.41, 5.74) is 4.73. The number of carbonyl (C=O) groups is 3. The summed E-state index contributed by atoms with van der Waals surface area (Å²) < 4.78 is 5.69. The van der Waals surface area contributed by atoms with Crippen LogP contribution < -0.4 is 10.6 Å². The van der Waals surface area contributed by atoms with E-state index < -0.39 is 12.1 Å². The van der Waals surface area contributed by atoms with Crippen molar-refractivity contribution in [2.75, 3.05) is 6.61 Å². The number of fused-ring (bicyclic) bond motifs is 3. The highest BCUT2D eigenvalue weighted by molar-refractivity contribution is 5.79. The average Bonchev–Trinajstić information content (AvgIpc) is 3.56. The fourth-order valence-electron chi connectivity index (χ4n) is 6.12. The van der Waals surface area contributed by atoms with Crippen LogP contribution in [0.1, 0.15) is 62.0 Å². The molecule has 2 unspecified atom stereocenters. The molecule has 2 aromatic rings. The SMILES string of the molecule is O=C(CC1CCCC1NC(=O)OCC1c2ccccc2-c2ccccc21)N[C@H]1CC[C@@H](C(=O)O)C1. The summed E-state index contributed by atoms with van der Waals surface area (Å²) in [7, 11) is 0. The first-order valence-corrected chi connectivity index (χ1v) is 12.6. The highest BCUT2D eigenvalue weighted by atomic mass is 16.5. The van der Waals surface area contributed by atoms with E-state index in [-0.39, 0.29) is 42.4 Å². The Balaban J connectivity index is 1.13. The van der Waals surface area contributed by atoms with E-state index in [4.69, 9.17) is 9.84 Å². The van der Waals surface area contributed by atoms with Crippen LogP contribution in [0.25, 0.3) is 11.1 Å². The summed E-state index contributed by atoms with van der Waals surface area (Å²) in [6.07, 6.45) is 4.36. The molecule has 7 nitrogen and oxygen atoms in total. The van der Waals surface area contributed by atoms with Crippen LogP contribution in [0.5, 0.6) is 0 Å². The molecule has 0 aliphatic heterocycles. The quantitative estimate of drug-likeness (QED) is 0.548. The largest absolute Gasteiger partial charge is 0.481 e. The first-order chi connectivity index (χ1) is 17.0. The van der Waals surface area contributed by atoms with Gasteiger partial charge in [0.15, 0.2) is 0 Å². The number of ether oxygens (including phenoxy) is 1. The number of amides is 2. The third-order valence-corrected chi connectivity index (χ3v) is 7.90. The molecule has 3 aliphatic carbocycles. The molecular formula is C28H32N2O5. The lowest BCUT2D eigenvalue weighted by Gasteiger charge is -2.22. The molecule has 2 saturated carbocycles. The van der Waals surface area contributed by atoms with Crippen molar-refractivity contribution in [3.05, 3.63) is 59.7 Å². The molecule has 5 rings (SSSR count). The molecule has 2 aromatic carbocycles. The van der Waals surface area contributed by atoms with E-state index in [1.54, 1.807) is 0 Å². The van der Waals surface area contributed by atoms with Gasteiger partial charge < -0.3 is 20.5 Å². The average molecular weight is 477 g/mol. The Hall–Kier alpha value is -3.35. The van der Waals surface area contributed by atoms with Gasteiger partial charge in [0.25, 0.3) is 0 Å². The third-order valence-electron chi connectivity index (χ3n) is 7.90. The molecule has 0 bridgehead atoms. The number of carbonyl (C=O) groups excluding carboxylic acids is 2. The van der Waals surface area contributed by atoms with Crippen LogP contribution in [0.2, 0.25) is 0 Å². The van der Waals surface area contributed by atoms with E-state index >= 15 is 0 Å². The Kier molecular flexibility index (Phi) is 6.75. The van der Waals surface area contributed by atoms with Crippen molar-refractivity contribution >= 4 is 18.0 Å². The monoisotopic (exact) mass is 476 g/mol. The number of alkyl carbamates (subject to hydrolysis) is 1. The van der Waals surface area contributed by atoms with Gasteiger partial charge in [0.1, 0.15) is 6.61 Å². The van der Waals surface area contributed by atoms with Gasteiger partial charge in [0.05, 0.1) is 5.92 Å². The predicted molar refractivity (Wildman–Crippen MR) is 131 cm³/mol. The van der Waals surface area contributed by atoms with E-state index in [0.717, 1.165) is 19.3 Å². The molecule has 7 heteroatoms. The lowest BCUT2D eigenvalue weighted by Crippen LogP contribution is -2.41. The number of benzene rings is 2. The molecule has 0 heterocycles. The maximum absolute atomic E-state index is 12.7. The van der Waals surface area contributed by atoms with Gasteiger partial charge in [-0.25, -0.2) is 4.79 Å². The number of aliphatic carboxylic acids is 1. The van der Waals surface area contributed by atoms with Gasteiger partial charge in [-0.05, 0) is 60.3 Å². The number of hydrogen-bond acceptors (Lipinski definition) is 4. The second kappa shape index (κ2) is 10.1. The fourth-order valence-corrected chi connectivity index (χ4v) is 6.12. The topological polar surface area (TPSA) is 105 Å². The summed E-state index contributed by atoms with van der Waals surface area (Å²) in [5, 5.41) is 15.2. The second-order valence-corrected chi connectivity index (χ2v) is 10.1. The van der Waals surface area contributed by atoms with E-state index in [2.05, 4.69) is 34.9 Å². The Morgan fingerprint density at radius 3 is 2.23 bits per heavy atom. The molecule has 0 radical (unpaired) electrons. The van der Waals surface area contributed by atoms with Crippen LogP contribution in [0.15, 0.2) is 48.5 Å². The molecule has 2 fully saturated rings. The lowest BCUT2D eigenvalue weighted by atomic mass is 9.98. The Morgan fingerprint density at radius 1 is 0.886 bits per heavy atom. The molecule has 0 saturated heterocycles. The minimum atomic E-state index is -0.787. The van der Waals surface area contributed by atoms with Crippen LogP contribution in [-0.2, 0) is 14.3 Å². The molecule has 0 spiro atoms. The van der Waals surface area contributed by atoms with E-state index in [1.165, 1.54) is 22.3 Å². The van der Waals surface area contributed by atoms with E-state index in [1.807, 2.05) is 24.3 Å². The molecule has 4 atom stereocenters. The summed E-state index contributed by atoms with van der Waals surface area (Å²) >= 11 is 0. The smallest absolute Gasteiger partial charge is 0.407 e. The van der Waals surface area contributed by atoms with Gasteiger partial charge in [0, 0.05) is 24.4 Å². The zero-order valence-corrected chi connectivity index (χ0v) is 19.7. The van der Waals surface area contributed by atoms with E-state index in [0.29, 0.717) is 25.7 Å². The van der Waals surface area contributed by atoms with E-state index in [9.17, 15) is 14.4 Å². The minimum absolute atomic E-state index is 0.0133. The van der Waals surface area contributed by atoms with Crippen LogP contribution in [0.3, 0.4) is 0 Å². The standard InChI is InChI=1S/C28H32N2O5/c31-26(29-19-13-12-18(14-19)27(32)33)15-17-6-5-11-25(17)30-28(34)35-16-24-22-9-3-1-7-20(22)21-8-2-4-10-23(21)24/h1-4,7-10,17-19,24-25H,5-6,11-16H2,(H,29,31)(H,30,34)(H,32,33)/t17?,18-,19+,25?/m1/s1. The van der Waals surface area contributed by atoms with Crippen molar-refractivity contribution in [2.24, 2.45) is 11.8 Å². The van der Waals surface area contributed by atoms with Crippen molar-refractivity contribution in [3.8, 4) is 11.1 Å². The Labute approximate surface area is 205 Å². The Bertz CT molecular complexity index is 1070. The molecule has 3 N–H and O–H groups in total. The van der Waals surface area contributed by atoms with Gasteiger partial charge in [-0.2, -0.15) is 0 Å². The zero-order valence-electron chi connectivity index (χ0n) is 19.7. The first-order valence-electron chi connectivity index (χ1n) is 12.6. The number of nitrogens with one attached hydrogen (secondary N) is 2. The van der Waals surface area contributed by atoms with Crippen LogP contribution in [-0.4, -0.2) is 41.8 Å². The first kappa shape index (κ1) is 23.4. The molecule has 35 heavy (non-hydrogen) atoms. The molecule has 3 aliphatic rings. The van der Waals surface area contributed by atoms with Gasteiger partial charge in [-0.15, -0.1) is 0 Å². The molecule has 2 amide bonds. The number of carboxylic acids is 1. The molecule has 0 aromatic heterocycles. The number of rotatable bonds is 7. The van der Waals surface area contributed by atoms with Crippen molar-refractivity contribution in [3.63, 3.8) is 0 Å². The summed E-state index contributed by atoms with van der Waals surface area (Å²) in [6.45, 7) is 0.268. The van der Waals surface area contributed by atoms with Gasteiger partial charge in [-0.3, -0.25) is 9.59 Å². The van der Waals surface area contributed by atoms with Gasteiger partial charge >= 0.3 is 12.1 Å². The number of hydrogen-bond donors (Lipinski definition) is 3. The van der Waals surface area contributed by atoms with Crippen molar-refractivity contribution < 1.29 is 24.2 Å². The summed E-state index contributed by atoms with van der Waals surface area (Å²) in [6, 6.07) is 16.3. The number of carboxylic acid groups (broad SMARTS) is 1. The summed E-state index contributed by atoms with van der Waals surface area (Å²) in [5.74, 6) is -1.14. The third kappa shape index (κ3) is 5.04. The van der Waals surface area contributed by atoms with Gasteiger partial charge in [0.2, 0.25) is 5.91 Å². The van der Waals surface area contributed by atoms with Crippen molar-refractivity contribution in [1.29, 1.82) is 0 Å². The highest BCUT2D eigenvalue weighted by Crippen LogP contribution is 2.44.